The zero-order valence-corrected chi connectivity index (χ0v) is 7.14. The van der Waals surface area contributed by atoms with Gasteiger partial charge in [-0.05, 0) is 25.2 Å². The van der Waals surface area contributed by atoms with Crippen LogP contribution in [0, 0.1) is 29.1 Å². The second-order valence-corrected chi connectivity index (χ2v) is 3.88. The third-order valence-corrected chi connectivity index (χ3v) is 3.13. The van der Waals surface area contributed by atoms with Crippen molar-refractivity contribution in [2.75, 3.05) is 0 Å². The van der Waals surface area contributed by atoms with Gasteiger partial charge in [-0.15, -0.1) is 12.3 Å². The first-order valence-corrected chi connectivity index (χ1v) is 4.47. The normalized spacial score (nSPS) is 38.2. The largest absolute Gasteiger partial charge is 0.309 e. The van der Waals surface area contributed by atoms with Gasteiger partial charge in [-0.25, -0.2) is 0 Å². The van der Waals surface area contributed by atoms with Crippen molar-refractivity contribution in [2.24, 2.45) is 11.3 Å². The lowest BCUT2D eigenvalue weighted by Crippen LogP contribution is -2.38. The van der Waals surface area contributed by atoms with Gasteiger partial charge in [-0.1, -0.05) is 12.2 Å². The topological polar surface area (TPSA) is 23.9 Å². The van der Waals surface area contributed by atoms with Gasteiger partial charge in [0.15, 0.2) is 0 Å². The molecule has 1 nitrogen and oxygen atoms in total. The Morgan fingerprint density at radius 3 is 3.08 bits per heavy atom. The van der Waals surface area contributed by atoms with Crippen LogP contribution >= 0.6 is 0 Å². The van der Waals surface area contributed by atoms with E-state index in [0.29, 0.717) is 5.92 Å². The van der Waals surface area contributed by atoms with E-state index in [2.05, 4.69) is 18.1 Å². The second kappa shape index (κ2) is 2.48. The van der Waals surface area contributed by atoms with Gasteiger partial charge in [0, 0.05) is 17.5 Å². The van der Waals surface area contributed by atoms with Crippen LogP contribution in [0.3, 0.4) is 0 Å². The summed E-state index contributed by atoms with van der Waals surface area (Å²) in [5, 5.41) is 7.88. The number of hydrogen-bond acceptors (Lipinski definition) is 1. The molecule has 12 heavy (non-hydrogen) atoms. The zero-order chi connectivity index (χ0) is 8.60. The molecule has 3 aliphatic rings. The van der Waals surface area contributed by atoms with Crippen LogP contribution in [0.15, 0.2) is 12.2 Å². The van der Waals surface area contributed by atoms with Gasteiger partial charge in [0.25, 0.3) is 0 Å². The molecule has 0 aliphatic heterocycles. The fourth-order valence-corrected chi connectivity index (χ4v) is 2.27. The fourth-order valence-electron chi connectivity index (χ4n) is 2.27. The van der Waals surface area contributed by atoms with E-state index >= 15 is 0 Å². The average Bonchev–Trinajstić information content (AvgIpc) is 2.08. The monoisotopic (exact) mass is 159 g/mol. The highest BCUT2D eigenvalue weighted by Gasteiger charge is 2.40. The van der Waals surface area contributed by atoms with E-state index in [1.165, 1.54) is 6.42 Å². The average molecular weight is 159 g/mol. The van der Waals surface area contributed by atoms with Gasteiger partial charge < -0.3 is 5.41 Å². The SMILES string of the molecule is C#CCC12C=CC(CC1)CC2=N. The Balaban J connectivity index is 2.33. The molecule has 1 heteroatoms. The number of fused-ring (bicyclic) bond motifs is 2. The summed E-state index contributed by atoms with van der Waals surface area (Å²) >= 11 is 0. The molecule has 0 aromatic carbocycles. The van der Waals surface area contributed by atoms with E-state index in [0.717, 1.165) is 25.0 Å². The van der Waals surface area contributed by atoms with E-state index in [1.807, 2.05) is 0 Å². The van der Waals surface area contributed by atoms with E-state index < -0.39 is 0 Å². The summed E-state index contributed by atoms with van der Waals surface area (Å²) < 4.78 is 0. The van der Waals surface area contributed by atoms with Crippen molar-refractivity contribution in [1.29, 1.82) is 5.41 Å². The van der Waals surface area contributed by atoms with Gasteiger partial charge in [0.05, 0.1) is 0 Å². The van der Waals surface area contributed by atoms with Crippen LogP contribution in [0.25, 0.3) is 0 Å². The van der Waals surface area contributed by atoms with E-state index in [1.54, 1.807) is 0 Å². The van der Waals surface area contributed by atoms with Crippen molar-refractivity contribution in [3.63, 3.8) is 0 Å². The number of rotatable bonds is 1. The van der Waals surface area contributed by atoms with Crippen molar-refractivity contribution in [3.05, 3.63) is 12.2 Å². The first-order chi connectivity index (χ1) is 5.77. The van der Waals surface area contributed by atoms with Crippen molar-refractivity contribution in [3.8, 4) is 12.3 Å². The molecule has 0 radical (unpaired) electrons. The molecule has 3 aliphatic carbocycles. The molecular weight excluding hydrogens is 146 g/mol. The predicted molar refractivity (Wildman–Crippen MR) is 50.1 cm³/mol. The predicted octanol–water partition coefficient (Wildman–Crippen LogP) is 2.39. The van der Waals surface area contributed by atoms with Crippen LogP contribution in [-0.2, 0) is 0 Å². The third-order valence-electron chi connectivity index (χ3n) is 3.13. The minimum Gasteiger partial charge on any atom is -0.309 e. The molecule has 2 bridgehead atoms. The molecule has 62 valence electrons. The van der Waals surface area contributed by atoms with Crippen molar-refractivity contribution >= 4 is 5.71 Å². The van der Waals surface area contributed by atoms with Gasteiger partial charge in [-0.2, -0.15) is 0 Å². The van der Waals surface area contributed by atoms with Crippen LogP contribution in [0.5, 0.6) is 0 Å². The van der Waals surface area contributed by atoms with E-state index in [-0.39, 0.29) is 5.41 Å². The molecule has 2 unspecified atom stereocenters. The Morgan fingerprint density at radius 2 is 2.58 bits per heavy atom. The summed E-state index contributed by atoms with van der Waals surface area (Å²) in [6.45, 7) is 0. The lowest BCUT2D eigenvalue weighted by Gasteiger charge is -2.41. The van der Waals surface area contributed by atoms with Crippen LogP contribution < -0.4 is 0 Å². The summed E-state index contributed by atoms with van der Waals surface area (Å²) in [6.07, 6.45) is 13.7. The number of nitrogens with one attached hydrogen (secondary N) is 1. The highest BCUT2D eigenvalue weighted by molar-refractivity contribution is 5.91. The first-order valence-electron chi connectivity index (χ1n) is 4.47. The maximum atomic E-state index is 7.88. The molecule has 3 rings (SSSR count). The molecule has 2 atom stereocenters. The van der Waals surface area contributed by atoms with Crippen LogP contribution in [0.1, 0.15) is 25.7 Å². The molecule has 1 fully saturated rings. The molecule has 1 N–H and O–H groups in total. The number of allylic oxidation sites excluding steroid dienone is 2. The second-order valence-electron chi connectivity index (χ2n) is 3.88. The fraction of sp³-hybridized carbons (Fsp3) is 0.545. The molecule has 0 saturated heterocycles. The van der Waals surface area contributed by atoms with Gasteiger partial charge >= 0.3 is 0 Å². The first kappa shape index (κ1) is 7.61. The molecule has 1 saturated carbocycles. The smallest absolute Gasteiger partial charge is 0.0368 e. The zero-order valence-electron chi connectivity index (χ0n) is 7.14. The molecule has 0 aromatic heterocycles. The van der Waals surface area contributed by atoms with Crippen LogP contribution in [-0.4, -0.2) is 5.71 Å². The Hall–Kier alpha value is -1.03. The Morgan fingerprint density at radius 1 is 1.75 bits per heavy atom. The highest BCUT2D eigenvalue weighted by atomic mass is 14.6. The van der Waals surface area contributed by atoms with Crippen molar-refractivity contribution in [2.45, 2.75) is 25.7 Å². The minimum absolute atomic E-state index is 0.0382. The number of hydrogen-bond donors (Lipinski definition) is 1. The standard InChI is InChI=1S/C11H13N/c1-2-5-11-6-3-9(4-7-11)8-10(11)12/h1,3,6,9,12H,4-5,7-8H2. The summed E-state index contributed by atoms with van der Waals surface area (Å²) in [5.41, 5.74) is 0.822. The lowest BCUT2D eigenvalue weighted by molar-refractivity contribution is 0.355. The summed E-state index contributed by atoms with van der Waals surface area (Å²) in [5.74, 6) is 3.33. The lowest BCUT2D eigenvalue weighted by atomic mass is 9.63. The van der Waals surface area contributed by atoms with Crippen molar-refractivity contribution < 1.29 is 0 Å². The Labute approximate surface area is 73.4 Å². The molecule has 0 amide bonds. The van der Waals surface area contributed by atoms with Gasteiger partial charge in [-0.3, -0.25) is 0 Å². The molecule has 0 heterocycles. The highest BCUT2D eigenvalue weighted by Crippen LogP contribution is 2.45. The Kier molecular flexibility index (Phi) is 1.58. The quantitative estimate of drug-likeness (QED) is 0.448. The van der Waals surface area contributed by atoms with Crippen LogP contribution in [0.4, 0.5) is 0 Å². The van der Waals surface area contributed by atoms with Crippen molar-refractivity contribution in [1.82, 2.24) is 0 Å². The minimum atomic E-state index is -0.0382. The van der Waals surface area contributed by atoms with Gasteiger partial charge in [0.1, 0.15) is 0 Å². The maximum absolute atomic E-state index is 7.88. The molecule has 0 spiro atoms. The molecule has 0 aromatic rings. The summed E-state index contributed by atoms with van der Waals surface area (Å²) in [7, 11) is 0. The van der Waals surface area contributed by atoms with E-state index in [4.69, 9.17) is 11.8 Å². The molecular formula is C11H13N. The van der Waals surface area contributed by atoms with Gasteiger partial charge in [0.2, 0.25) is 0 Å². The third kappa shape index (κ3) is 0.914. The maximum Gasteiger partial charge on any atom is 0.0368 e. The summed E-state index contributed by atoms with van der Waals surface area (Å²) in [6, 6.07) is 0. The Bertz CT molecular complexity index is 282. The summed E-state index contributed by atoms with van der Waals surface area (Å²) in [4.78, 5) is 0. The van der Waals surface area contributed by atoms with Crippen LogP contribution in [0.2, 0.25) is 0 Å². The van der Waals surface area contributed by atoms with E-state index in [9.17, 15) is 0 Å². The number of terminal acetylenes is 1.